The molecule has 8 heteroatoms. The molecule has 0 bridgehead atoms. The third-order valence-electron chi connectivity index (χ3n) is 2.80. The summed E-state index contributed by atoms with van der Waals surface area (Å²) >= 11 is 0. The first-order valence-corrected chi connectivity index (χ1v) is 7.26. The maximum absolute atomic E-state index is 11.9. The van der Waals surface area contributed by atoms with Gasteiger partial charge in [-0.25, -0.2) is 13.1 Å². The lowest BCUT2D eigenvalue weighted by Crippen LogP contribution is -2.19. The Morgan fingerprint density at radius 1 is 1.35 bits per heavy atom. The molecule has 0 aliphatic rings. The molecule has 3 N–H and O–H groups in total. The molecule has 0 saturated carbocycles. The van der Waals surface area contributed by atoms with Crippen molar-refractivity contribution >= 4 is 21.6 Å². The van der Waals surface area contributed by atoms with E-state index in [-0.39, 0.29) is 10.8 Å². The van der Waals surface area contributed by atoms with E-state index in [4.69, 9.17) is 0 Å². The van der Waals surface area contributed by atoms with Crippen LogP contribution in [0.4, 0.5) is 5.69 Å². The number of sulfonamides is 1. The van der Waals surface area contributed by atoms with Gasteiger partial charge in [-0.1, -0.05) is 6.07 Å². The standard InChI is InChI=1S/C12H14N4O3S/c1-8-3-4-10(20(18,19)13-2)5-11(8)16-12(17)9-6-14-15-7-9/h3-7,13H,1-2H3,(H,14,15)(H,16,17). The van der Waals surface area contributed by atoms with Crippen LogP contribution in [0.5, 0.6) is 0 Å². The minimum Gasteiger partial charge on any atom is -0.322 e. The Kier molecular flexibility index (Phi) is 3.86. The second kappa shape index (κ2) is 5.43. The molecule has 0 saturated heterocycles. The summed E-state index contributed by atoms with van der Waals surface area (Å²) in [5.74, 6) is -0.360. The zero-order valence-corrected chi connectivity index (χ0v) is 11.8. The summed E-state index contributed by atoms with van der Waals surface area (Å²) in [4.78, 5) is 12.0. The number of nitrogens with one attached hydrogen (secondary N) is 3. The van der Waals surface area contributed by atoms with Gasteiger partial charge in [0.25, 0.3) is 5.91 Å². The molecular formula is C12H14N4O3S. The summed E-state index contributed by atoms with van der Waals surface area (Å²) in [5, 5.41) is 8.88. The average Bonchev–Trinajstić information content (AvgIpc) is 2.95. The molecule has 2 rings (SSSR count). The number of hydrogen-bond acceptors (Lipinski definition) is 4. The lowest BCUT2D eigenvalue weighted by molar-refractivity contribution is 0.102. The number of amides is 1. The van der Waals surface area contributed by atoms with Crippen molar-refractivity contribution in [1.29, 1.82) is 0 Å². The van der Waals surface area contributed by atoms with Gasteiger partial charge in [0, 0.05) is 11.9 Å². The van der Waals surface area contributed by atoms with Gasteiger partial charge in [-0.3, -0.25) is 9.89 Å². The van der Waals surface area contributed by atoms with E-state index in [1.165, 1.54) is 31.6 Å². The fourth-order valence-corrected chi connectivity index (χ4v) is 2.35. The fraction of sp³-hybridized carbons (Fsp3) is 0.167. The molecule has 2 aromatic rings. The lowest BCUT2D eigenvalue weighted by Gasteiger charge is -2.10. The molecule has 0 unspecified atom stereocenters. The average molecular weight is 294 g/mol. The van der Waals surface area contributed by atoms with Crippen LogP contribution in [0.2, 0.25) is 0 Å². The molecule has 0 radical (unpaired) electrons. The van der Waals surface area contributed by atoms with Gasteiger partial charge < -0.3 is 5.32 Å². The molecule has 0 spiro atoms. The first-order chi connectivity index (χ1) is 9.44. The lowest BCUT2D eigenvalue weighted by atomic mass is 10.2. The van der Waals surface area contributed by atoms with Crippen LogP contribution < -0.4 is 10.0 Å². The zero-order chi connectivity index (χ0) is 14.8. The van der Waals surface area contributed by atoms with Crippen LogP contribution in [0.25, 0.3) is 0 Å². The van der Waals surface area contributed by atoms with Crippen LogP contribution in [-0.2, 0) is 10.0 Å². The smallest absolute Gasteiger partial charge is 0.258 e. The predicted octanol–water partition coefficient (Wildman–Crippen LogP) is 0.879. The van der Waals surface area contributed by atoms with Gasteiger partial charge in [0.15, 0.2) is 0 Å². The molecule has 1 aromatic heterocycles. The van der Waals surface area contributed by atoms with Gasteiger partial charge >= 0.3 is 0 Å². The minimum absolute atomic E-state index is 0.0908. The number of anilines is 1. The summed E-state index contributed by atoms with van der Waals surface area (Å²) in [5.41, 5.74) is 1.57. The van der Waals surface area contributed by atoms with E-state index in [0.29, 0.717) is 11.3 Å². The predicted molar refractivity (Wildman–Crippen MR) is 74.0 cm³/mol. The highest BCUT2D eigenvalue weighted by atomic mass is 32.2. The molecular weight excluding hydrogens is 280 g/mol. The number of carbonyl (C=O) groups is 1. The van der Waals surface area contributed by atoms with E-state index in [1.54, 1.807) is 13.0 Å². The van der Waals surface area contributed by atoms with Crippen molar-refractivity contribution in [1.82, 2.24) is 14.9 Å². The fourth-order valence-electron chi connectivity index (χ4n) is 1.59. The Morgan fingerprint density at radius 2 is 2.10 bits per heavy atom. The van der Waals surface area contributed by atoms with Gasteiger partial charge in [0.2, 0.25) is 10.0 Å². The number of H-pyrrole nitrogens is 1. The third kappa shape index (κ3) is 2.86. The quantitative estimate of drug-likeness (QED) is 0.778. The monoisotopic (exact) mass is 294 g/mol. The molecule has 1 heterocycles. The number of hydrogen-bond donors (Lipinski definition) is 3. The largest absolute Gasteiger partial charge is 0.322 e. The first kappa shape index (κ1) is 14.2. The second-order valence-electron chi connectivity index (χ2n) is 4.13. The van der Waals surface area contributed by atoms with E-state index in [0.717, 1.165) is 5.56 Å². The van der Waals surface area contributed by atoms with Crippen LogP contribution in [0.15, 0.2) is 35.5 Å². The van der Waals surface area contributed by atoms with Crippen LogP contribution in [0.3, 0.4) is 0 Å². The van der Waals surface area contributed by atoms with Crippen molar-refractivity contribution in [2.45, 2.75) is 11.8 Å². The van der Waals surface area contributed by atoms with Gasteiger partial charge in [-0.2, -0.15) is 5.10 Å². The Balaban J connectivity index is 2.33. The van der Waals surface area contributed by atoms with Crippen LogP contribution >= 0.6 is 0 Å². The van der Waals surface area contributed by atoms with Gasteiger partial charge in [0.1, 0.15) is 0 Å². The highest BCUT2D eigenvalue weighted by Crippen LogP contribution is 2.20. The molecule has 7 nitrogen and oxygen atoms in total. The number of nitrogens with zero attached hydrogens (tertiary/aromatic N) is 1. The summed E-state index contributed by atoms with van der Waals surface area (Å²) < 4.78 is 25.7. The number of carbonyl (C=O) groups excluding carboxylic acids is 1. The number of aromatic amines is 1. The van der Waals surface area contributed by atoms with E-state index < -0.39 is 10.0 Å². The molecule has 0 aliphatic heterocycles. The summed E-state index contributed by atoms with van der Waals surface area (Å²) in [6, 6.07) is 4.53. The second-order valence-corrected chi connectivity index (χ2v) is 6.01. The molecule has 1 amide bonds. The number of rotatable bonds is 4. The molecule has 20 heavy (non-hydrogen) atoms. The van der Waals surface area contributed by atoms with Crippen molar-refractivity contribution in [2.75, 3.05) is 12.4 Å². The molecule has 0 atom stereocenters. The summed E-state index contributed by atoms with van der Waals surface area (Å²) in [7, 11) is -2.21. The number of aromatic nitrogens is 2. The van der Waals surface area contributed by atoms with Crippen molar-refractivity contribution in [3.8, 4) is 0 Å². The summed E-state index contributed by atoms with van der Waals surface area (Å²) in [6.45, 7) is 1.78. The van der Waals surface area contributed by atoms with E-state index in [1.807, 2.05) is 0 Å². The van der Waals surface area contributed by atoms with Crippen molar-refractivity contribution in [2.24, 2.45) is 0 Å². The van der Waals surface area contributed by atoms with Crippen molar-refractivity contribution < 1.29 is 13.2 Å². The van der Waals surface area contributed by atoms with Crippen molar-refractivity contribution in [3.63, 3.8) is 0 Å². The van der Waals surface area contributed by atoms with E-state index in [2.05, 4.69) is 20.2 Å². The summed E-state index contributed by atoms with van der Waals surface area (Å²) in [6.07, 6.45) is 2.84. The topological polar surface area (TPSA) is 104 Å². The Labute approximate surface area is 116 Å². The highest BCUT2D eigenvalue weighted by Gasteiger charge is 2.15. The molecule has 0 fully saturated rings. The number of benzene rings is 1. The molecule has 106 valence electrons. The third-order valence-corrected chi connectivity index (χ3v) is 4.21. The normalized spacial score (nSPS) is 11.3. The maximum atomic E-state index is 11.9. The Bertz CT molecular complexity index is 723. The highest BCUT2D eigenvalue weighted by molar-refractivity contribution is 7.89. The van der Waals surface area contributed by atoms with Crippen LogP contribution in [0.1, 0.15) is 15.9 Å². The van der Waals surface area contributed by atoms with Crippen molar-refractivity contribution in [3.05, 3.63) is 41.7 Å². The van der Waals surface area contributed by atoms with E-state index in [9.17, 15) is 13.2 Å². The van der Waals surface area contributed by atoms with Crippen LogP contribution in [0, 0.1) is 6.92 Å². The Hall–Kier alpha value is -2.19. The maximum Gasteiger partial charge on any atom is 0.258 e. The number of aryl methyl sites for hydroxylation is 1. The van der Waals surface area contributed by atoms with Gasteiger partial charge in [-0.05, 0) is 31.7 Å². The minimum atomic E-state index is -3.55. The Morgan fingerprint density at radius 3 is 2.70 bits per heavy atom. The zero-order valence-electron chi connectivity index (χ0n) is 11.0. The first-order valence-electron chi connectivity index (χ1n) is 5.78. The molecule has 1 aromatic carbocycles. The van der Waals surface area contributed by atoms with Gasteiger partial charge in [-0.15, -0.1) is 0 Å². The molecule has 0 aliphatic carbocycles. The van der Waals surface area contributed by atoms with Crippen LogP contribution in [-0.4, -0.2) is 31.6 Å². The SMILES string of the molecule is CNS(=O)(=O)c1ccc(C)c(NC(=O)c2cn[nH]c2)c1. The van der Waals surface area contributed by atoms with E-state index >= 15 is 0 Å². The van der Waals surface area contributed by atoms with Gasteiger partial charge in [0.05, 0.1) is 16.7 Å².